The summed E-state index contributed by atoms with van der Waals surface area (Å²) in [5.41, 5.74) is 4.54. The Hall–Kier alpha value is -3.44. The number of carbonyl (C=O) groups is 1. The van der Waals surface area contributed by atoms with E-state index in [9.17, 15) is 4.79 Å². The summed E-state index contributed by atoms with van der Waals surface area (Å²) in [6.45, 7) is 5.57. The summed E-state index contributed by atoms with van der Waals surface area (Å²) >= 11 is 6.22. The van der Waals surface area contributed by atoms with Gasteiger partial charge < -0.3 is 19.8 Å². The predicted octanol–water partition coefficient (Wildman–Crippen LogP) is 4.79. The Morgan fingerprint density at radius 2 is 2.05 bits per heavy atom. The number of aromatic nitrogens is 5. The number of primary amides is 1. The van der Waals surface area contributed by atoms with E-state index in [-0.39, 0.29) is 29.8 Å². The Bertz CT molecular complexity index is 1340. The molecule has 0 aromatic carbocycles. The monoisotopic (exact) mass is 529 g/mol. The van der Waals surface area contributed by atoms with Crippen LogP contribution in [0.4, 0.5) is 9.18 Å². The molecule has 37 heavy (non-hydrogen) atoms. The van der Waals surface area contributed by atoms with Crippen molar-refractivity contribution in [3.05, 3.63) is 47.8 Å². The predicted molar refractivity (Wildman–Crippen MR) is 137 cm³/mol. The van der Waals surface area contributed by atoms with E-state index in [4.69, 9.17) is 32.2 Å². The lowest BCUT2D eigenvalue weighted by atomic mass is 9.82. The fourth-order valence-corrected chi connectivity index (χ4v) is 4.98. The summed E-state index contributed by atoms with van der Waals surface area (Å²) in [4.78, 5) is 28.8. The van der Waals surface area contributed by atoms with Gasteiger partial charge in [-0.3, -0.25) is 10.4 Å². The third-order valence-corrected chi connectivity index (χ3v) is 6.74. The van der Waals surface area contributed by atoms with E-state index in [1.807, 2.05) is 6.08 Å². The smallest absolute Gasteiger partial charge is 0.388 e. The molecule has 3 aromatic heterocycles. The average molecular weight is 530 g/mol. The minimum Gasteiger partial charge on any atom is -0.388 e. The van der Waals surface area contributed by atoms with Gasteiger partial charge in [0.15, 0.2) is 17.1 Å². The number of imidazole rings is 1. The molecule has 0 radical (unpaired) electrons. The van der Waals surface area contributed by atoms with Gasteiger partial charge in [-0.05, 0) is 50.5 Å². The number of methoxy groups -OCH3 is 1. The van der Waals surface area contributed by atoms with Gasteiger partial charge in [-0.2, -0.15) is 0 Å². The largest absolute Gasteiger partial charge is 0.411 e. The molecule has 1 aliphatic rings. The van der Waals surface area contributed by atoms with Crippen LogP contribution in [0.5, 0.6) is 0 Å². The number of amides is 1. The van der Waals surface area contributed by atoms with Gasteiger partial charge in [0.2, 0.25) is 5.82 Å². The molecule has 4 rings (SSSR count). The quantitative estimate of drug-likeness (QED) is 0.243. The molecule has 0 saturated heterocycles. The normalized spacial score (nSPS) is 19.4. The van der Waals surface area contributed by atoms with Crippen LogP contribution in [-0.4, -0.2) is 50.2 Å². The minimum atomic E-state index is -1.95. The number of halogens is 2. The maximum Gasteiger partial charge on any atom is 0.411 e. The minimum absolute atomic E-state index is 0.125. The van der Waals surface area contributed by atoms with E-state index < -0.39 is 17.7 Å². The van der Waals surface area contributed by atoms with Crippen LogP contribution < -0.4 is 5.73 Å². The Balaban J connectivity index is 1.94. The third kappa shape index (κ3) is 5.78. The van der Waals surface area contributed by atoms with Gasteiger partial charge in [0.05, 0.1) is 11.6 Å². The van der Waals surface area contributed by atoms with E-state index in [1.165, 1.54) is 20.2 Å². The van der Waals surface area contributed by atoms with E-state index in [1.54, 1.807) is 16.8 Å². The molecular weight excluding hydrogens is 501 g/mol. The molecule has 0 aliphatic heterocycles. The van der Waals surface area contributed by atoms with Crippen LogP contribution in [0, 0.1) is 17.2 Å². The Kier molecular flexibility index (Phi) is 7.84. The van der Waals surface area contributed by atoms with Crippen molar-refractivity contribution in [3.8, 4) is 11.3 Å². The van der Waals surface area contributed by atoms with Crippen LogP contribution in [0.3, 0.4) is 0 Å². The first kappa shape index (κ1) is 26.6. The number of ether oxygens (including phenoxy) is 2. The number of fused-ring (bicyclic) bond motifs is 1. The second kappa shape index (κ2) is 10.9. The highest BCUT2D eigenvalue weighted by Gasteiger charge is 2.36. The van der Waals surface area contributed by atoms with Gasteiger partial charge >= 0.3 is 6.09 Å². The summed E-state index contributed by atoms with van der Waals surface area (Å²) in [6.07, 6.45) is 7.75. The van der Waals surface area contributed by atoms with Gasteiger partial charge in [0.25, 0.3) is 5.90 Å². The molecule has 0 bridgehead atoms. The van der Waals surface area contributed by atoms with Crippen molar-refractivity contribution in [1.29, 1.82) is 5.41 Å². The second-order valence-corrected chi connectivity index (χ2v) is 9.84. The van der Waals surface area contributed by atoms with Crippen LogP contribution in [0.2, 0.25) is 5.02 Å². The molecule has 3 aromatic rings. The van der Waals surface area contributed by atoms with Crippen LogP contribution in [-0.2, 0) is 21.7 Å². The zero-order chi connectivity index (χ0) is 26.7. The summed E-state index contributed by atoms with van der Waals surface area (Å²) in [6, 6.07) is 1.65. The number of nitrogens with one attached hydrogen (secondary N) is 1. The third-order valence-electron chi connectivity index (χ3n) is 6.53. The van der Waals surface area contributed by atoms with E-state index in [0.29, 0.717) is 34.3 Å². The molecule has 12 heteroatoms. The lowest BCUT2D eigenvalue weighted by Gasteiger charge is -2.29. The second-order valence-electron chi connectivity index (χ2n) is 9.40. The number of hydrogen-bond donors (Lipinski definition) is 2. The topological polar surface area (TPSA) is 142 Å². The standard InChI is InChI=1S/C25H29ClFN7O3/c1-4-14-5-7-15(8-6-14)12-34-19-18(16-9-17(26)11-30-10-16)31-22(20(28)37-24(29)35)32-21(19)33-23(34)25(2,27)13-36-3/h4,9-11,14-15,28H,1,5-8,12-13H2,2-3H3,(H2,29,35). The van der Waals surface area contributed by atoms with Gasteiger partial charge in [-0.25, -0.2) is 24.1 Å². The Morgan fingerprint density at radius 3 is 2.68 bits per heavy atom. The van der Waals surface area contributed by atoms with Crippen LogP contribution in [0.25, 0.3) is 22.4 Å². The molecule has 1 atom stereocenters. The highest BCUT2D eigenvalue weighted by Crippen LogP contribution is 2.37. The Morgan fingerprint density at radius 1 is 1.32 bits per heavy atom. The van der Waals surface area contributed by atoms with Gasteiger partial charge in [-0.1, -0.05) is 17.7 Å². The van der Waals surface area contributed by atoms with Crippen LogP contribution in [0.15, 0.2) is 31.1 Å². The van der Waals surface area contributed by atoms with Crippen molar-refractivity contribution in [2.24, 2.45) is 17.6 Å². The van der Waals surface area contributed by atoms with Crippen molar-refractivity contribution in [1.82, 2.24) is 24.5 Å². The lowest BCUT2D eigenvalue weighted by molar-refractivity contribution is 0.0429. The lowest BCUT2D eigenvalue weighted by Crippen LogP contribution is -2.29. The number of hydrogen-bond acceptors (Lipinski definition) is 8. The first-order valence-corrected chi connectivity index (χ1v) is 12.3. The molecule has 1 amide bonds. The number of nitrogens with two attached hydrogens (primary N) is 1. The molecule has 0 spiro atoms. The summed E-state index contributed by atoms with van der Waals surface area (Å²) < 4.78 is 27.7. The molecule has 3 heterocycles. The van der Waals surface area contributed by atoms with Crippen molar-refractivity contribution >= 4 is 34.8 Å². The van der Waals surface area contributed by atoms with E-state index in [0.717, 1.165) is 25.7 Å². The number of nitrogens with zero attached hydrogens (tertiary/aromatic N) is 5. The molecule has 10 nitrogen and oxygen atoms in total. The number of pyridine rings is 1. The number of allylic oxidation sites excluding steroid dienone is 1. The van der Waals surface area contributed by atoms with Gasteiger partial charge in [0, 0.05) is 31.6 Å². The van der Waals surface area contributed by atoms with Crippen molar-refractivity contribution in [2.75, 3.05) is 13.7 Å². The first-order chi connectivity index (χ1) is 17.6. The van der Waals surface area contributed by atoms with Gasteiger partial charge in [-0.15, -0.1) is 6.58 Å². The summed E-state index contributed by atoms with van der Waals surface area (Å²) in [7, 11) is 1.42. The maximum atomic E-state index is 16.0. The van der Waals surface area contributed by atoms with Gasteiger partial charge in [0.1, 0.15) is 11.2 Å². The molecule has 1 saturated carbocycles. The first-order valence-electron chi connectivity index (χ1n) is 11.9. The molecule has 1 unspecified atom stereocenters. The average Bonchev–Trinajstić information content (AvgIpc) is 3.22. The number of rotatable bonds is 8. The fourth-order valence-electron chi connectivity index (χ4n) is 4.80. The SMILES string of the molecule is C=CC1CCC(Cn2c(C(C)(F)COC)nc3nc(C(=N)OC(N)=O)nc(-c4cncc(Cl)c4)c32)CC1. The molecule has 196 valence electrons. The number of alkyl halides is 1. The summed E-state index contributed by atoms with van der Waals surface area (Å²) in [5, 5.41) is 8.46. The Labute approximate surface area is 218 Å². The van der Waals surface area contributed by atoms with Crippen LogP contribution >= 0.6 is 11.6 Å². The van der Waals surface area contributed by atoms with E-state index >= 15 is 4.39 Å². The molecule has 1 aliphatic carbocycles. The molecule has 1 fully saturated rings. The highest BCUT2D eigenvalue weighted by molar-refractivity contribution is 6.30. The van der Waals surface area contributed by atoms with E-state index in [2.05, 4.69) is 26.5 Å². The fraction of sp³-hybridized carbons (Fsp3) is 0.440. The maximum absolute atomic E-state index is 16.0. The van der Waals surface area contributed by atoms with Crippen molar-refractivity contribution in [3.63, 3.8) is 0 Å². The summed E-state index contributed by atoms with van der Waals surface area (Å²) in [5.74, 6) is -0.0291. The van der Waals surface area contributed by atoms with Crippen molar-refractivity contribution < 1.29 is 18.7 Å². The molecule has 3 N–H and O–H groups in total. The van der Waals surface area contributed by atoms with Crippen molar-refractivity contribution in [2.45, 2.75) is 44.8 Å². The highest BCUT2D eigenvalue weighted by atomic mass is 35.5. The molecular formula is C25H29ClFN7O3. The van der Waals surface area contributed by atoms with Crippen LogP contribution in [0.1, 0.15) is 44.3 Å². The zero-order valence-corrected chi connectivity index (χ0v) is 21.5. The number of carbonyl (C=O) groups excluding carboxylic acids is 1. The zero-order valence-electron chi connectivity index (χ0n) is 20.7.